The number of halogens is 1. The second-order valence-corrected chi connectivity index (χ2v) is 7.52. The van der Waals surface area contributed by atoms with E-state index in [9.17, 15) is 9.90 Å². The Balaban J connectivity index is 3.62. The first-order valence-corrected chi connectivity index (χ1v) is 7.58. The molecule has 0 saturated carbocycles. The summed E-state index contributed by atoms with van der Waals surface area (Å²) in [4.78, 5) is 11.9. The van der Waals surface area contributed by atoms with Crippen LogP contribution in [0.5, 0.6) is 5.75 Å². The van der Waals surface area contributed by atoms with Crippen molar-refractivity contribution in [2.45, 2.75) is 52.4 Å². The summed E-state index contributed by atoms with van der Waals surface area (Å²) in [7, 11) is 0. The van der Waals surface area contributed by atoms with Gasteiger partial charge in [0.1, 0.15) is 11.4 Å². The van der Waals surface area contributed by atoms with Gasteiger partial charge in [-0.25, -0.2) is 0 Å². The molecule has 0 atom stereocenters. The molecule has 1 aromatic carbocycles. The van der Waals surface area contributed by atoms with Crippen LogP contribution in [0.15, 0.2) is 12.1 Å². The van der Waals surface area contributed by atoms with Gasteiger partial charge in [-0.15, -0.1) is 22.4 Å². The van der Waals surface area contributed by atoms with Crippen LogP contribution in [0, 0.1) is 0 Å². The SMILES string of the molecule is CC(C)(C)c1cc(C(=O)[B]I)cc(C(C)(C)C)c1O. The van der Waals surface area contributed by atoms with Gasteiger partial charge in [-0.2, -0.15) is 0 Å². The molecule has 0 aromatic heterocycles. The summed E-state index contributed by atoms with van der Waals surface area (Å²) in [5, 5.41) is 12.0. The van der Waals surface area contributed by atoms with Gasteiger partial charge in [0.2, 0.25) is 0 Å². The highest BCUT2D eigenvalue weighted by molar-refractivity contribution is 14.1. The van der Waals surface area contributed by atoms with Gasteiger partial charge in [-0.3, -0.25) is 0 Å². The van der Waals surface area contributed by atoms with Gasteiger partial charge in [0.25, 0.3) is 5.14 Å². The van der Waals surface area contributed by atoms with Crippen molar-refractivity contribution in [2.24, 2.45) is 0 Å². The molecule has 0 aliphatic carbocycles. The Labute approximate surface area is 130 Å². The predicted octanol–water partition coefficient (Wildman–Crippen LogP) is 4.18. The van der Waals surface area contributed by atoms with E-state index < -0.39 is 0 Å². The van der Waals surface area contributed by atoms with Gasteiger partial charge < -0.3 is 9.90 Å². The van der Waals surface area contributed by atoms with E-state index >= 15 is 0 Å². The van der Waals surface area contributed by atoms with Crippen LogP contribution in [0.4, 0.5) is 0 Å². The van der Waals surface area contributed by atoms with E-state index in [-0.39, 0.29) is 16.5 Å². The summed E-state index contributed by atoms with van der Waals surface area (Å²) in [5.41, 5.74) is 1.86. The maximum Gasteiger partial charge on any atom is 0.294 e. The summed E-state index contributed by atoms with van der Waals surface area (Å²) < 4.78 is 0. The van der Waals surface area contributed by atoms with Gasteiger partial charge in [0, 0.05) is 16.7 Å². The Morgan fingerprint density at radius 3 is 1.68 bits per heavy atom. The zero-order chi connectivity index (χ0) is 15.0. The number of aromatic hydroxyl groups is 1. The number of hydrogen-bond donors (Lipinski definition) is 1. The zero-order valence-electron chi connectivity index (χ0n) is 12.5. The molecule has 1 aromatic rings. The molecular formula is C15H21BIO2. The molecule has 1 rings (SSSR count). The third-order valence-electron chi connectivity index (χ3n) is 3.11. The van der Waals surface area contributed by atoms with Gasteiger partial charge in [0.05, 0.1) is 0 Å². The average Bonchev–Trinajstić information content (AvgIpc) is 2.25. The summed E-state index contributed by atoms with van der Waals surface area (Å²) in [6, 6.07) is 3.62. The number of carbonyl (C=O) groups is 1. The highest BCUT2D eigenvalue weighted by Gasteiger charge is 2.27. The van der Waals surface area contributed by atoms with Gasteiger partial charge in [-0.1, -0.05) is 41.5 Å². The Hall–Kier alpha value is -0.515. The second kappa shape index (κ2) is 5.47. The molecule has 1 radical (unpaired) electrons. The fraction of sp³-hybridized carbons (Fsp3) is 0.533. The lowest BCUT2D eigenvalue weighted by Crippen LogP contribution is -2.19. The van der Waals surface area contributed by atoms with E-state index in [0.29, 0.717) is 11.3 Å². The third-order valence-corrected chi connectivity index (χ3v) is 3.68. The molecule has 0 aliphatic rings. The molecule has 0 spiro atoms. The molecule has 0 fully saturated rings. The van der Waals surface area contributed by atoms with Crippen LogP contribution in [0.1, 0.15) is 63.0 Å². The van der Waals surface area contributed by atoms with Gasteiger partial charge in [0.15, 0.2) is 0 Å². The van der Waals surface area contributed by atoms with Crippen molar-refractivity contribution >= 4 is 33.2 Å². The minimum Gasteiger partial charge on any atom is -0.507 e. The van der Waals surface area contributed by atoms with E-state index in [2.05, 4.69) is 0 Å². The number of rotatable bonds is 2. The summed E-state index contributed by atoms with van der Waals surface area (Å²) in [5.74, 6) is 0.310. The second-order valence-electron chi connectivity index (χ2n) is 6.89. The van der Waals surface area contributed by atoms with Crippen LogP contribution in [0.3, 0.4) is 0 Å². The van der Waals surface area contributed by atoms with Crippen LogP contribution >= 0.6 is 22.4 Å². The lowest BCUT2D eigenvalue weighted by atomic mass is 9.77. The van der Waals surface area contributed by atoms with Crippen LogP contribution in [-0.2, 0) is 10.8 Å². The van der Waals surface area contributed by atoms with E-state index in [1.165, 1.54) is 5.14 Å². The summed E-state index contributed by atoms with van der Waals surface area (Å²) in [6.45, 7) is 12.2. The highest BCUT2D eigenvalue weighted by atomic mass is 127. The number of phenolic OH excluding ortho intramolecular Hbond substituents is 1. The fourth-order valence-corrected chi connectivity index (χ4v) is 2.34. The third kappa shape index (κ3) is 3.74. The highest BCUT2D eigenvalue weighted by Crippen LogP contribution is 2.39. The number of hydrogen-bond acceptors (Lipinski definition) is 2. The minimum absolute atomic E-state index is 0.0170. The maximum atomic E-state index is 11.9. The molecule has 103 valence electrons. The van der Waals surface area contributed by atoms with E-state index in [1.807, 2.05) is 76.0 Å². The van der Waals surface area contributed by atoms with Gasteiger partial charge in [-0.05, 0) is 23.0 Å². The largest absolute Gasteiger partial charge is 0.507 e. The summed E-state index contributed by atoms with van der Waals surface area (Å²) >= 11 is 1.95. The Morgan fingerprint density at radius 2 is 1.42 bits per heavy atom. The van der Waals surface area contributed by atoms with Crippen molar-refractivity contribution in [2.75, 3.05) is 0 Å². The first kappa shape index (κ1) is 16.5. The standard InChI is InChI=1S/C15H21BIO2/c1-14(2,3)10-7-9(13(19)16-17)8-11(12(10)18)15(4,5)6/h7-8,18H,1-6H3. The van der Waals surface area contributed by atoms with Crippen LogP contribution in [0.25, 0.3) is 0 Å². The van der Waals surface area contributed by atoms with E-state index in [4.69, 9.17) is 0 Å². The molecule has 4 heteroatoms. The van der Waals surface area contributed by atoms with Crippen molar-refractivity contribution < 1.29 is 9.90 Å². The van der Waals surface area contributed by atoms with Gasteiger partial charge >= 0.3 is 0 Å². The van der Waals surface area contributed by atoms with Crippen LogP contribution < -0.4 is 0 Å². The molecule has 0 amide bonds. The zero-order valence-corrected chi connectivity index (χ0v) is 14.6. The molecule has 0 saturated heterocycles. The van der Waals surface area contributed by atoms with Crippen molar-refractivity contribution in [3.8, 4) is 5.75 Å². The lowest BCUT2D eigenvalue weighted by Gasteiger charge is -2.28. The normalized spacial score (nSPS) is 12.4. The van der Waals surface area contributed by atoms with Crippen molar-refractivity contribution in [3.05, 3.63) is 28.8 Å². The molecule has 0 unspecified atom stereocenters. The van der Waals surface area contributed by atoms with Crippen molar-refractivity contribution in [1.82, 2.24) is 0 Å². The Kier molecular flexibility index (Phi) is 4.76. The molecule has 0 heterocycles. The molecule has 1 N–H and O–H groups in total. The maximum absolute atomic E-state index is 11.9. The molecule has 0 aliphatic heterocycles. The van der Waals surface area contributed by atoms with Crippen LogP contribution in [0.2, 0.25) is 0 Å². The topological polar surface area (TPSA) is 37.3 Å². The fourth-order valence-electron chi connectivity index (χ4n) is 1.98. The monoisotopic (exact) mass is 371 g/mol. The number of phenols is 1. The first-order chi connectivity index (χ1) is 8.48. The van der Waals surface area contributed by atoms with Crippen molar-refractivity contribution in [1.29, 1.82) is 0 Å². The summed E-state index contributed by atoms with van der Waals surface area (Å²) in [6.07, 6.45) is 0. The number of carbonyl (C=O) groups excluding carboxylic acids is 1. The quantitative estimate of drug-likeness (QED) is 0.626. The predicted molar refractivity (Wildman–Crippen MR) is 89.6 cm³/mol. The van der Waals surface area contributed by atoms with E-state index in [1.54, 1.807) is 0 Å². The van der Waals surface area contributed by atoms with E-state index in [0.717, 1.165) is 11.1 Å². The first-order valence-electron chi connectivity index (χ1n) is 6.34. The molecule has 19 heavy (non-hydrogen) atoms. The lowest BCUT2D eigenvalue weighted by molar-refractivity contribution is 0.107. The molecular weight excluding hydrogens is 350 g/mol. The average molecular weight is 371 g/mol. The minimum atomic E-state index is -0.203. The smallest absolute Gasteiger partial charge is 0.294 e. The van der Waals surface area contributed by atoms with Crippen LogP contribution in [-0.4, -0.2) is 15.9 Å². The Morgan fingerprint density at radius 1 is 1.05 bits per heavy atom. The molecule has 0 bridgehead atoms. The van der Waals surface area contributed by atoms with Crippen molar-refractivity contribution in [3.63, 3.8) is 0 Å². The Bertz CT molecular complexity index is 461. The number of benzene rings is 1. The molecule has 2 nitrogen and oxygen atoms in total.